The van der Waals surface area contributed by atoms with Crippen molar-refractivity contribution in [3.05, 3.63) is 70.1 Å². The quantitative estimate of drug-likeness (QED) is 0.291. The fraction of sp³-hybridized carbons (Fsp3) is 0.261. The zero-order chi connectivity index (χ0) is 23.6. The molecular weight excluding hydrogens is 416 g/mol. The summed E-state index contributed by atoms with van der Waals surface area (Å²) in [6.07, 6.45) is 1.43. The molecule has 0 radical (unpaired) electrons. The number of Topliss-reactive ketones (excluding diaryl/α,β-unsaturated/α-hetero) is 1. The van der Waals surface area contributed by atoms with E-state index in [-0.39, 0.29) is 41.1 Å². The van der Waals surface area contributed by atoms with Gasteiger partial charge in [-0.05, 0) is 44.5 Å². The highest BCUT2D eigenvalue weighted by atomic mass is 16.5. The number of H-pyrrole nitrogens is 1. The molecule has 0 bridgehead atoms. The molecule has 9 heteroatoms. The summed E-state index contributed by atoms with van der Waals surface area (Å²) in [5.41, 5.74) is 1.61. The lowest BCUT2D eigenvalue weighted by atomic mass is 10.1. The Morgan fingerprint density at radius 2 is 1.75 bits per heavy atom. The Morgan fingerprint density at radius 1 is 1.06 bits per heavy atom. The number of benzene rings is 1. The van der Waals surface area contributed by atoms with Gasteiger partial charge < -0.3 is 14.5 Å². The van der Waals surface area contributed by atoms with E-state index in [1.807, 2.05) is 0 Å². The number of hydrogen-bond acceptors (Lipinski definition) is 7. The number of imide groups is 1. The summed E-state index contributed by atoms with van der Waals surface area (Å²) in [7, 11) is 0. The molecule has 9 nitrogen and oxygen atoms in total. The van der Waals surface area contributed by atoms with Crippen LogP contribution in [0.5, 0.6) is 0 Å². The van der Waals surface area contributed by atoms with E-state index >= 15 is 0 Å². The van der Waals surface area contributed by atoms with Crippen LogP contribution in [-0.4, -0.2) is 59.2 Å². The van der Waals surface area contributed by atoms with Crippen LogP contribution in [0.1, 0.15) is 70.1 Å². The molecule has 0 saturated heterocycles. The van der Waals surface area contributed by atoms with Gasteiger partial charge in [-0.2, -0.15) is 0 Å². The molecule has 0 spiro atoms. The molecule has 1 N–H and O–H groups in total. The topological polar surface area (TPSA) is 123 Å². The number of ether oxygens (including phenoxy) is 2. The van der Waals surface area contributed by atoms with Crippen molar-refractivity contribution in [1.29, 1.82) is 0 Å². The molecule has 1 aromatic carbocycles. The summed E-state index contributed by atoms with van der Waals surface area (Å²) >= 11 is 0. The monoisotopic (exact) mass is 438 g/mol. The average Bonchev–Trinajstić information content (AvgIpc) is 3.19. The van der Waals surface area contributed by atoms with Gasteiger partial charge in [0.2, 0.25) is 5.78 Å². The largest absolute Gasteiger partial charge is 0.462 e. The first-order valence-electron chi connectivity index (χ1n) is 9.88. The van der Waals surface area contributed by atoms with Crippen molar-refractivity contribution in [1.82, 2.24) is 9.88 Å². The van der Waals surface area contributed by atoms with Gasteiger partial charge in [0.15, 0.2) is 6.61 Å². The van der Waals surface area contributed by atoms with Gasteiger partial charge in [0.25, 0.3) is 11.8 Å². The smallest absolute Gasteiger partial charge is 0.340 e. The van der Waals surface area contributed by atoms with E-state index in [1.54, 1.807) is 20.8 Å². The van der Waals surface area contributed by atoms with Crippen molar-refractivity contribution in [2.24, 2.45) is 0 Å². The minimum absolute atomic E-state index is 0.0322. The van der Waals surface area contributed by atoms with Crippen LogP contribution < -0.4 is 0 Å². The number of carbonyl (C=O) groups is 5. The van der Waals surface area contributed by atoms with Gasteiger partial charge in [-0.15, -0.1) is 6.58 Å². The minimum atomic E-state index is -0.824. The van der Waals surface area contributed by atoms with Crippen molar-refractivity contribution in [3.63, 3.8) is 0 Å². The van der Waals surface area contributed by atoms with E-state index in [1.165, 1.54) is 24.3 Å². The Kier molecular flexibility index (Phi) is 6.38. The normalized spacial score (nSPS) is 12.5. The lowest BCUT2D eigenvalue weighted by Crippen LogP contribution is -2.29. The summed E-state index contributed by atoms with van der Waals surface area (Å²) < 4.78 is 10.1. The second kappa shape index (κ2) is 9.01. The molecule has 2 heterocycles. The third-order valence-corrected chi connectivity index (χ3v) is 5.05. The molecule has 0 fully saturated rings. The molecule has 0 aliphatic carbocycles. The second-order valence-electron chi connectivity index (χ2n) is 7.11. The number of nitrogens with one attached hydrogen (secondary N) is 1. The zero-order valence-corrected chi connectivity index (χ0v) is 17.9. The van der Waals surface area contributed by atoms with Crippen LogP contribution in [0.25, 0.3) is 0 Å². The minimum Gasteiger partial charge on any atom is -0.462 e. The SMILES string of the molecule is C=CCN1C(=O)c2ccc(C(=O)OCC(=O)c3[nH]c(C)c(C(=O)OCC)c3C)cc2C1=O. The van der Waals surface area contributed by atoms with E-state index in [0.29, 0.717) is 11.3 Å². The van der Waals surface area contributed by atoms with Crippen LogP contribution in [-0.2, 0) is 9.47 Å². The van der Waals surface area contributed by atoms with Gasteiger partial charge in [0, 0.05) is 12.2 Å². The van der Waals surface area contributed by atoms with E-state index in [2.05, 4.69) is 11.6 Å². The number of esters is 2. The Bertz CT molecular complexity index is 1160. The summed E-state index contributed by atoms with van der Waals surface area (Å²) in [6.45, 7) is 8.12. The van der Waals surface area contributed by atoms with Gasteiger partial charge in [0.1, 0.15) is 0 Å². The fourth-order valence-electron chi connectivity index (χ4n) is 3.54. The summed E-state index contributed by atoms with van der Waals surface area (Å²) in [5, 5.41) is 0. The van der Waals surface area contributed by atoms with Crippen LogP contribution in [0, 0.1) is 13.8 Å². The number of nitrogens with zero attached hydrogens (tertiary/aromatic N) is 1. The summed E-state index contributed by atoms with van der Waals surface area (Å²) in [5.74, 6) is -2.89. The highest BCUT2D eigenvalue weighted by molar-refractivity contribution is 6.22. The molecule has 166 valence electrons. The van der Waals surface area contributed by atoms with Gasteiger partial charge in [-0.1, -0.05) is 6.08 Å². The van der Waals surface area contributed by atoms with Gasteiger partial charge in [0.05, 0.1) is 34.6 Å². The molecule has 2 amide bonds. The first-order valence-corrected chi connectivity index (χ1v) is 9.88. The number of fused-ring (bicyclic) bond motifs is 1. The van der Waals surface area contributed by atoms with Gasteiger partial charge >= 0.3 is 11.9 Å². The number of carbonyl (C=O) groups excluding carboxylic acids is 5. The lowest BCUT2D eigenvalue weighted by Gasteiger charge is -2.09. The van der Waals surface area contributed by atoms with E-state index in [4.69, 9.17) is 9.47 Å². The molecule has 3 rings (SSSR count). The van der Waals surface area contributed by atoms with E-state index < -0.39 is 36.1 Å². The standard InChI is InChI=1S/C23H22N2O7/c1-5-9-25-20(27)15-8-7-14(10-16(15)21(25)28)22(29)32-11-17(26)19-12(3)18(13(4)24-19)23(30)31-6-2/h5,7-8,10,24H,1,6,9,11H2,2-4H3. The highest BCUT2D eigenvalue weighted by Crippen LogP contribution is 2.24. The van der Waals surface area contributed by atoms with Crippen molar-refractivity contribution in [2.45, 2.75) is 20.8 Å². The maximum Gasteiger partial charge on any atom is 0.340 e. The third kappa shape index (κ3) is 3.96. The first kappa shape index (κ1) is 22.7. The van der Waals surface area contributed by atoms with Crippen LogP contribution in [0.3, 0.4) is 0 Å². The lowest BCUT2D eigenvalue weighted by molar-refractivity contribution is 0.0472. The highest BCUT2D eigenvalue weighted by Gasteiger charge is 2.35. The second-order valence-corrected chi connectivity index (χ2v) is 7.11. The molecule has 0 atom stereocenters. The van der Waals surface area contributed by atoms with E-state index in [9.17, 15) is 24.0 Å². The molecule has 0 unspecified atom stereocenters. The number of aryl methyl sites for hydroxylation is 1. The van der Waals surface area contributed by atoms with Gasteiger partial charge in [-0.3, -0.25) is 19.3 Å². The Morgan fingerprint density at radius 3 is 2.41 bits per heavy atom. The number of hydrogen-bond donors (Lipinski definition) is 1. The summed E-state index contributed by atoms with van der Waals surface area (Å²) in [6, 6.07) is 4.01. The Balaban J connectivity index is 1.73. The van der Waals surface area contributed by atoms with Gasteiger partial charge in [-0.25, -0.2) is 9.59 Å². The molecule has 2 aromatic rings. The molecule has 32 heavy (non-hydrogen) atoms. The number of aromatic nitrogens is 1. The van der Waals surface area contributed by atoms with Crippen molar-refractivity contribution < 1.29 is 33.4 Å². The van der Waals surface area contributed by atoms with Crippen LogP contribution >= 0.6 is 0 Å². The summed E-state index contributed by atoms with van der Waals surface area (Å²) in [4.78, 5) is 65.6. The number of rotatable bonds is 8. The molecule has 1 aliphatic heterocycles. The fourth-order valence-corrected chi connectivity index (χ4v) is 3.54. The average molecular weight is 438 g/mol. The third-order valence-electron chi connectivity index (χ3n) is 5.05. The zero-order valence-electron chi connectivity index (χ0n) is 17.9. The molecule has 1 aromatic heterocycles. The maximum absolute atomic E-state index is 12.6. The van der Waals surface area contributed by atoms with Crippen LogP contribution in [0.15, 0.2) is 30.9 Å². The van der Waals surface area contributed by atoms with E-state index in [0.717, 1.165) is 4.90 Å². The Hall–Kier alpha value is -4.01. The number of ketones is 1. The van der Waals surface area contributed by atoms with Crippen LogP contribution in [0.2, 0.25) is 0 Å². The number of aromatic amines is 1. The molecule has 0 saturated carbocycles. The first-order chi connectivity index (χ1) is 15.2. The van der Waals surface area contributed by atoms with Crippen molar-refractivity contribution >= 4 is 29.5 Å². The van der Waals surface area contributed by atoms with Crippen LogP contribution in [0.4, 0.5) is 0 Å². The predicted octanol–water partition coefficient (Wildman–Crippen LogP) is 2.63. The maximum atomic E-state index is 12.6. The van der Waals surface area contributed by atoms with Crippen molar-refractivity contribution in [2.75, 3.05) is 19.8 Å². The number of amides is 2. The Labute approximate surface area is 184 Å². The molecular formula is C23H22N2O7. The molecule has 1 aliphatic rings. The predicted molar refractivity (Wildman–Crippen MR) is 113 cm³/mol. The van der Waals surface area contributed by atoms with Crippen molar-refractivity contribution in [3.8, 4) is 0 Å².